The van der Waals surface area contributed by atoms with E-state index in [1.54, 1.807) is 0 Å². The maximum atomic E-state index is 11.6. The minimum atomic E-state index is -0.721. The summed E-state index contributed by atoms with van der Waals surface area (Å²) < 4.78 is 5.21. The number of carbonyl (C=O) groups is 2. The second-order valence-electron chi connectivity index (χ2n) is 4.77. The van der Waals surface area contributed by atoms with Gasteiger partial charge < -0.3 is 9.64 Å². The molecule has 1 fully saturated rings. The number of urea groups is 1. The monoisotopic (exact) mass is 213 g/mol. The molecular weight excluding hydrogens is 196 g/mol. The van der Waals surface area contributed by atoms with Crippen LogP contribution >= 0.6 is 0 Å². The van der Waals surface area contributed by atoms with Crippen LogP contribution in [0.1, 0.15) is 27.2 Å². The smallest absolute Gasteiger partial charge is 0.336 e. The quantitative estimate of drug-likeness (QED) is 0.611. The van der Waals surface area contributed by atoms with E-state index in [1.165, 1.54) is 4.90 Å². The Morgan fingerprint density at radius 2 is 2.00 bits per heavy atom. The van der Waals surface area contributed by atoms with E-state index in [4.69, 9.17) is 10.5 Å². The number of hydrogen-bond donors (Lipinski definition) is 0. The molecule has 1 atom stereocenters. The molecular formula is C10H17N2O3. The molecule has 0 saturated carbocycles. The molecule has 5 heteroatoms. The maximum Gasteiger partial charge on any atom is 0.336 e. The number of likely N-dealkylation sites (tertiary alicyclic amines) is 1. The van der Waals surface area contributed by atoms with E-state index in [9.17, 15) is 9.59 Å². The summed E-state index contributed by atoms with van der Waals surface area (Å²) in [4.78, 5) is 23.7. The van der Waals surface area contributed by atoms with Gasteiger partial charge in [0, 0.05) is 13.1 Å². The highest BCUT2D eigenvalue weighted by Gasteiger charge is 2.33. The molecule has 5 nitrogen and oxygen atoms in total. The zero-order valence-electron chi connectivity index (χ0n) is 9.37. The molecule has 0 aromatic rings. The largest absolute Gasteiger partial charge is 0.460 e. The van der Waals surface area contributed by atoms with Gasteiger partial charge in [-0.05, 0) is 27.2 Å². The van der Waals surface area contributed by atoms with Gasteiger partial charge in [-0.2, -0.15) is 0 Å². The Balaban J connectivity index is 2.47. The van der Waals surface area contributed by atoms with Crippen LogP contribution in [0.5, 0.6) is 0 Å². The molecule has 1 saturated heterocycles. The Hall–Kier alpha value is -1.26. The first kappa shape index (κ1) is 11.8. The van der Waals surface area contributed by atoms with Gasteiger partial charge in [-0.3, -0.25) is 4.79 Å². The zero-order chi connectivity index (χ0) is 11.6. The molecule has 2 amide bonds. The summed E-state index contributed by atoms with van der Waals surface area (Å²) >= 11 is 0. The molecule has 1 N–H and O–H groups in total. The van der Waals surface area contributed by atoms with Crippen molar-refractivity contribution in [1.29, 1.82) is 0 Å². The third-order valence-corrected chi connectivity index (χ3v) is 2.22. The number of ether oxygens (including phenoxy) is 1. The standard InChI is InChI=1S/C10H17N2O3/c1-10(2,3)15-8(13)7-4-5-12(6-7)9(11)14/h7,11H,4-6H2,1-3H3. The van der Waals surface area contributed by atoms with Crippen LogP contribution in [0.15, 0.2) is 0 Å². The average molecular weight is 213 g/mol. The summed E-state index contributed by atoms with van der Waals surface area (Å²) in [7, 11) is 0. The van der Waals surface area contributed by atoms with Crippen LogP contribution < -0.4 is 5.73 Å². The lowest BCUT2D eigenvalue weighted by atomic mass is 10.1. The lowest BCUT2D eigenvalue weighted by Gasteiger charge is -2.21. The molecule has 1 unspecified atom stereocenters. The van der Waals surface area contributed by atoms with E-state index in [0.717, 1.165) is 0 Å². The SMILES string of the molecule is CC(C)(C)OC(=O)C1CCN(C([NH])=O)C1. The molecule has 0 bridgehead atoms. The number of amides is 2. The molecule has 1 radical (unpaired) electrons. The maximum absolute atomic E-state index is 11.6. The number of nitrogens with one attached hydrogen (secondary N) is 1. The molecule has 0 aliphatic carbocycles. The topological polar surface area (TPSA) is 70.4 Å². The average Bonchev–Trinajstić information content (AvgIpc) is 2.47. The van der Waals surface area contributed by atoms with Crippen molar-refractivity contribution >= 4 is 12.0 Å². The van der Waals surface area contributed by atoms with Crippen molar-refractivity contribution in [3.05, 3.63) is 0 Å². The van der Waals surface area contributed by atoms with Gasteiger partial charge in [0.2, 0.25) is 0 Å². The Bertz CT molecular complexity index is 270. The fourth-order valence-electron chi connectivity index (χ4n) is 1.52. The summed E-state index contributed by atoms with van der Waals surface area (Å²) in [5, 5.41) is 0. The molecule has 85 valence electrons. The molecule has 0 aromatic carbocycles. The van der Waals surface area contributed by atoms with Gasteiger partial charge in [-0.25, -0.2) is 10.5 Å². The Morgan fingerprint density at radius 1 is 1.40 bits per heavy atom. The van der Waals surface area contributed by atoms with Gasteiger partial charge in [-0.1, -0.05) is 0 Å². The second kappa shape index (κ2) is 4.08. The summed E-state index contributed by atoms with van der Waals surface area (Å²) in [6.07, 6.45) is 0.597. The van der Waals surface area contributed by atoms with Gasteiger partial charge in [-0.15, -0.1) is 0 Å². The van der Waals surface area contributed by atoms with Crippen molar-refractivity contribution in [2.24, 2.45) is 5.92 Å². The fourth-order valence-corrected chi connectivity index (χ4v) is 1.52. The number of hydrogen-bond acceptors (Lipinski definition) is 3. The van der Waals surface area contributed by atoms with Gasteiger partial charge in [0.15, 0.2) is 0 Å². The van der Waals surface area contributed by atoms with E-state index in [1.807, 2.05) is 20.8 Å². The van der Waals surface area contributed by atoms with E-state index in [-0.39, 0.29) is 11.9 Å². The van der Waals surface area contributed by atoms with Crippen molar-refractivity contribution in [3.63, 3.8) is 0 Å². The molecule has 0 spiro atoms. The van der Waals surface area contributed by atoms with Crippen molar-refractivity contribution in [1.82, 2.24) is 10.6 Å². The normalized spacial score (nSPS) is 21.5. The van der Waals surface area contributed by atoms with Crippen molar-refractivity contribution in [2.75, 3.05) is 13.1 Å². The molecule has 1 aliphatic rings. The van der Waals surface area contributed by atoms with Crippen LogP contribution in [-0.4, -0.2) is 35.6 Å². The van der Waals surface area contributed by atoms with Crippen molar-refractivity contribution < 1.29 is 14.3 Å². The first-order valence-corrected chi connectivity index (χ1v) is 5.03. The van der Waals surface area contributed by atoms with Crippen LogP contribution in [0.2, 0.25) is 0 Å². The molecule has 1 aliphatic heterocycles. The zero-order valence-corrected chi connectivity index (χ0v) is 9.37. The summed E-state index contributed by atoms with van der Waals surface area (Å²) in [5.41, 5.74) is 6.43. The minimum Gasteiger partial charge on any atom is -0.460 e. The van der Waals surface area contributed by atoms with Crippen molar-refractivity contribution in [2.45, 2.75) is 32.8 Å². The lowest BCUT2D eigenvalue weighted by molar-refractivity contribution is -0.159. The minimum absolute atomic E-state index is 0.265. The first-order chi connectivity index (χ1) is 6.79. The van der Waals surface area contributed by atoms with Crippen LogP contribution in [0.25, 0.3) is 0 Å². The number of carbonyl (C=O) groups excluding carboxylic acids is 2. The highest BCUT2D eigenvalue weighted by molar-refractivity contribution is 5.77. The Morgan fingerprint density at radius 3 is 2.40 bits per heavy atom. The summed E-state index contributed by atoms with van der Waals surface area (Å²) in [6.45, 7) is 6.23. The van der Waals surface area contributed by atoms with Crippen LogP contribution in [0.3, 0.4) is 0 Å². The van der Waals surface area contributed by atoms with E-state index in [0.29, 0.717) is 19.5 Å². The predicted octanol–water partition coefficient (Wildman–Crippen LogP) is 1.05. The molecule has 15 heavy (non-hydrogen) atoms. The summed E-state index contributed by atoms with van der Waals surface area (Å²) in [6, 6.07) is -0.721. The highest BCUT2D eigenvalue weighted by Crippen LogP contribution is 2.20. The van der Waals surface area contributed by atoms with Gasteiger partial charge >= 0.3 is 12.0 Å². The van der Waals surface area contributed by atoms with Gasteiger partial charge in [0.1, 0.15) is 5.60 Å². The summed E-state index contributed by atoms with van der Waals surface area (Å²) in [5.74, 6) is -0.537. The first-order valence-electron chi connectivity index (χ1n) is 5.03. The number of esters is 1. The molecule has 1 rings (SSSR count). The Kier molecular flexibility index (Phi) is 3.21. The molecule has 1 heterocycles. The third-order valence-electron chi connectivity index (χ3n) is 2.22. The Labute approximate surface area is 89.6 Å². The van der Waals surface area contributed by atoms with Gasteiger partial charge in [0.05, 0.1) is 5.92 Å². The highest BCUT2D eigenvalue weighted by atomic mass is 16.6. The van der Waals surface area contributed by atoms with Crippen LogP contribution in [-0.2, 0) is 9.53 Å². The van der Waals surface area contributed by atoms with Crippen LogP contribution in [0.4, 0.5) is 4.79 Å². The molecule has 0 aromatic heterocycles. The van der Waals surface area contributed by atoms with Crippen LogP contribution in [0, 0.1) is 5.92 Å². The third kappa shape index (κ3) is 3.42. The van der Waals surface area contributed by atoms with Crippen molar-refractivity contribution in [3.8, 4) is 0 Å². The number of nitrogens with zero attached hydrogens (tertiary/aromatic N) is 1. The second-order valence-corrected chi connectivity index (χ2v) is 4.77. The van der Waals surface area contributed by atoms with E-state index < -0.39 is 11.6 Å². The lowest BCUT2D eigenvalue weighted by Crippen LogP contribution is -2.32. The van der Waals surface area contributed by atoms with E-state index in [2.05, 4.69) is 0 Å². The predicted molar refractivity (Wildman–Crippen MR) is 54.0 cm³/mol. The van der Waals surface area contributed by atoms with Gasteiger partial charge in [0.25, 0.3) is 0 Å². The fraction of sp³-hybridized carbons (Fsp3) is 0.800. The van der Waals surface area contributed by atoms with E-state index >= 15 is 0 Å². The number of rotatable bonds is 1.